The van der Waals surface area contributed by atoms with Gasteiger partial charge in [0, 0.05) is 18.7 Å². The number of carbonyl (C=O) groups excluding carboxylic acids is 1. The molecule has 0 aliphatic carbocycles. The van der Waals surface area contributed by atoms with Gasteiger partial charge >= 0.3 is 0 Å². The quantitative estimate of drug-likeness (QED) is 0.469. The normalized spacial score (nSPS) is 11.3. The number of rotatable bonds is 8. The average Bonchev–Trinajstić information content (AvgIpc) is 3.19. The lowest BCUT2D eigenvalue weighted by atomic mass is 10.2. The number of thiazole rings is 1. The van der Waals surface area contributed by atoms with Crippen LogP contribution in [0.4, 0.5) is 13.9 Å². The number of ether oxygens (including phenoxy) is 1. The van der Waals surface area contributed by atoms with Crippen molar-refractivity contribution in [2.45, 2.75) is 13.8 Å². The predicted octanol–water partition coefficient (Wildman–Crippen LogP) is 5.23. The Balaban J connectivity index is 2.04. The summed E-state index contributed by atoms with van der Waals surface area (Å²) in [5.41, 5.74) is 0.599. The molecule has 0 aliphatic rings. The highest BCUT2D eigenvalue weighted by atomic mass is 35.5. The van der Waals surface area contributed by atoms with E-state index in [1.807, 2.05) is 13.8 Å². The Bertz CT molecular complexity index is 1060. The van der Waals surface area contributed by atoms with E-state index < -0.39 is 17.5 Å². The zero-order valence-electron chi connectivity index (χ0n) is 16.9. The number of likely N-dealkylation sites (N-methyl/N-ethyl adjacent to an activating group) is 1. The van der Waals surface area contributed by atoms with Crippen molar-refractivity contribution in [3.63, 3.8) is 0 Å². The van der Waals surface area contributed by atoms with E-state index in [-0.39, 0.29) is 5.56 Å². The van der Waals surface area contributed by atoms with E-state index >= 15 is 0 Å². The Morgan fingerprint density at radius 1 is 1.13 bits per heavy atom. The van der Waals surface area contributed by atoms with Crippen molar-refractivity contribution >= 4 is 44.2 Å². The van der Waals surface area contributed by atoms with Gasteiger partial charge in [0.05, 0.1) is 16.8 Å². The monoisotopic (exact) mass is 453 g/mol. The number of nitrogens with zero attached hydrogens (tertiary/aromatic N) is 3. The van der Waals surface area contributed by atoms with E-state index in [0.717, 1.165) is 25.2 Å². The van der Waals surface area contributed by atoms with Gasteiger partial charge in [-0.3, -0.25) is 9.69 Å². The summed E-state index contributed by atoms with van der Waals surface area (Å²) in [5.74, 6) is -1.99. The highest BCUT2D eigenvalue weighted by molar-refractivity contribution is 7.23. The van der Waals surface area contributed by atoms with E-state index in [0.29, 0.717) is 39.2 Å². The van der Waals surface area contributed by atoms with Crippen LogP contribution in [-0.4, -0.2) is 49.1 Å². The summed E-state index contributed by atoms with van der Waals surface area (Å²) in [6.07, 6.45) is 0. The first kappa shape index (κ1) is 22.4. The van der Waals surface area contributed by atoms with Crippen molar-refractivity contribution < 1.29 is 18.3 Å². The largest absolute Gasteiger partial charge is 0.494 e. The minimum atomic E-state index is -1.07. The maximum atomic E-state index is 13.7. The second kappa shape index (κ2) is 9.68. The van der Waals surface area contributed by atoms with Crippen LogP contribution >= 0.6 is 22.9 Å². The molecule has 0 radical (unpaired) electrons. The number of hydrogen-bond donors (Lipinski definition) is 0. The molecule has 30 heavy (non-hydrogen) atoms. The van der Waals surface area contributed by atoms with Crippen molar-refractivity contribution in [1.82, 2.24) is 9.88 Å². The van der Waals surface area contributed by atoms with Gasteiger partial charge in [-0.25, -0.2) is 13.8 Å². The van der Waals surface area contributed by atoms with E-state index in [2.05, 4.69) is 9.88 Å². The molecule has 5 nitrogen and oxygen atoms in total. The minimum absolute atomic E-state index is 0.0470. The Hall–Kier alpha value is -2.29. The van der Waals surface area contributed by atoms with Gasteiger partial charge in [0.25, 0.3) is 5.91 Å². The lowest BCUT2D eigenvalue weighted by molar-refractivity contribution is 0.0983. The molecule has 0 N–H and O–H groups in total. The van der Waals surface area contributed by atoms with Gasteiger partial charge in [0.15, 0.2) is 16.8 Å². The molecule has 0 unspecified atom stereocenters. The molecule has 160 valence electrons. The number of hydrogen-bond acceptors (Lipinski definition) is 5. The van der Waals surface area contributed by atoms with Gasteiger partial charge in [-0.2, -0.15) is 0 Å². The molecule has 0 fully saturated rings. The molecule has 9 heteroatoms. The van der Waals surface area contributed by atoms with Crippen molar-refractivity contribution in [1.29, 1.82) is 0 Å². The molecule has 0 atom stereocenters. The van der Waals surface area contributed by atoms with Crippen LogP contribution in [0.15, 0.2) is 30.3 Å². The maximum absolute atomic E-state index is 13.7. The number of benzene rings is 2. The fourth-order valence-electron chi connectivity index (χ4n) is 3.07. The standard InChI is InChI=1S/C21H22ClF2N3O2S/c1-4-26(5-2)10-11-27(20(28)13-6-8-15(23)16(24)12-13)21-25-18-17(29-3)9-7-14(22)19(18)30-21/h6-9,12H,4-5,10-11H2,1-3H3. The fourth-order valence-corrected chi connectivity index (χ4v) is 4.35. The fraction of sp³-hybridized carbons (Fsp3) is 0.333. The zero-order chi connectivity index (χ0) is 21.8. The van der Waals surface area contributed by atoms with Crippen LogP contribution in [-0.2, 0) is 0 Å². The first-order valence-electron chi connectivity index (χ1n) is 9.51. The van der Waals surface area contributed by atoms with Gasteiger partial charge in [-0.1, -0.05) is 36.8 Å². The lowest BCUT2D eigenvalue weighted by Gasteiger charge is -2.24. The average molecular weight is 454 g/mol. The summed E-state index contributed by atoms with van der Waals surface area (Å²) in [6, 6.07) is 6.55. The van der Waals surface area contributed by atoms with Crippen LogP contribution < -0.4 is 9.64 Å². The lowest BCUT2D eigenvalue weighted by Crippen LogP contribution is -2.39. The molecule has 3 aromatic rings. The first-order chi connectivity index (χ1) is 14.4. The van der Waals surface area contributed by atoms with Gasteiger partial charge in [-0.05, 0) is 43.4 Å². The summed E-state index contributed by atoms with van der Waals surface area (Å²) in [4.78, 5) is 21.5. The number of halogens is 3. The molecule has 0 aliphatic heterocycles. The SMILES string of the molecule is CCN(CC)CCN(C(=O)c1ccc(F)c(F)c1)c1nc2c(OC)ccc(Cl)c2s1. The van der Waals surface area contributed by atoms with Crippen LogP contribution in [0, 0.1) is 11.6 Å². The van der Waals surface area contributed by atoms with Crippen molar-refractivity contribution in [2.75, 3.05) is 38.2 Å². The van der Waals surface area contributed by atoms with Crippen molar-refractivity contribution in [2.24, 2.45) is 0 Å². The molecule has 0 bridgehead atoms. The first-order valence-corrected chi connectivity index (χ1v) is 10.7. The molecule has 1 aromatic heterocycles. The Morgan fingerprint density at radius 2 is 1.87 bits per heavy atom. The van der Waals surface area contributed by atoms with Crippen LogP contribution in [0.1, 0.15) is 24.2 Å². The third-order valence-corrected chi connectivity index (χ3v) is 6.38. The summed E-state index contributed by atoms with van der Waals surface area (Å²) in [6.45, 7) is 6.65. The van der Waals surface area contributed by atoms with E-state index in [1.54, 1.807) is 12.1 Å². The van der Waals surface area contributed by atoms with Gasteiger partial charge in [0.2, 0.25) is 0 Å². The maximum Gasteiger partial charge on any atom is 0.260 e. The molecular weight excluding hydrogens is 432 g/mol. The summed E-state index contributed by atoms with van der Waals surface area (Å²) >= 11 is 7.58. The summed E-state index contributed by atoms with van der Waals surface area (Å²) < 4.78 is 33.2. The van der Waals surface area contributed by atoms with Gasteiger partial charge in [0.1, 0.15) is 11.3 Å². The topological polar surface area (TPSA) is 45.7 Å². The molecule has 1 amide bonds. The second-order valence-corrected chi connectivity index (χ2v) is 7.92. The zero-order valence-corrected chi connectivity index (χ0v) is 18.5. The molecule has 0 saturated carbocycles. The van der Waals surface area contributed by atoms with Crippen LogP contribution in [0.25, 0.3) is 10.2 Å². The molecule has 0 spiro atoms. The van der Waals surface area contributed by atoms with Crippen LogP contribution in [0.2, 0.25) is 5.02 Å². The predicted molar refractivity (Wildman–Crippen MR) is 117 cm³/mol. The highest BCUT2D eigenvalue weighted by Gasteiger charge is 2.24. The molecular formula is C21H22ClF2N3O2S. The third kappa shape index (κ3) is 4.55. The molecule has 2 aromatic carbocycles. The van der Waals surface area contributed by atoms with E-state index in [1.165, 1.54) is 29.4 Å². The van der Waals surface area contributed by atoms with E-state index in [4.69, 9.17) is 16.3 Å². The van der Waals surface area contributed by atoms with Crippen LogP contribution in [0.3, 0.4) is 0 Å². The molecule has 3 rings (SSSR count). The number of fused-ring (bicyclic) bond motifs is 1. The van der Waals surface area contributed by atoms with Crippen LogP contribution in [0.5, 0.6) is 5.75 Å². The number of carbonyl (C=O) groups is 1. The number of methoxy groups -OCH3 is 1. The Labute approximate surface area is 182 Å². The Kier molecular flexibility index (Phi) is 7.23. The van der Waals surface area contributed by atoms with Gasteiger partial charge < -0.3 is 9.64 Å². The number of amides is 1. The Morgan fingerprint density at radius 3 is 2.50 bits per heavy atom. The summed E-state index contributed by atoms with van der Waals surface area (Å²) in [5, 5.41) is 0.914. The van der Waals surface area contributed by atoms with Crippen molar-refractivity contribution in [3.05, 3.63) is 52.6 Å². The molecule has 0 saturated heterocycles. The summed E-state index contributed by atoms with van der Waals surface area (Å²) in [7, 11) is 1.53. The van der Waals surface area contributed by atoms with E-state index in [9.17, 15) is 13.6 Å². The number of aromatic nitrogens is 1. The minimum Gasteiger partial charge on any atom is -0.494 e. The highest BCUT2D eigenvalue weighted by Crippen LogP contribution is 2.39. The van der Waals surface area contributed by atoms with Crippen molar-refractivity contribution in [3.8, 4) is 5.75 Å². The molecule has 1 heterocycles. The third-order valence-electron chi connectivity index (χ3n) is 4.84. The number of anilines is 1. The van der Waals surface area contributed by atoms with Gasteiger partial charge in [-0.15, -0.1) is 0 Å². The smallest absolute Gasteiger partial charge is 0.260 e. The second-order valence-electron chi connectivity index (χ2n) is 6.54.